The molecule has 1 amide bonds. The molecule has 1 aromatic carbocycles. The molecule has 0 radical (unpaired) electrons. The van der Waals surface area contributed by atoms with Crippen LogP contribution >= 0.6 is 11.3 Å². The summed E-state index contributed by atoms with van der Waals surface area (Å²) in [6, 6.07) is 6.53. The smallest absolute Gasteiger partial charge is 0.331 e. The van der Waals surface area contributed by atoms with Gasteiger partial charge in [-0.05, 0) is 30.0 Å². The maximum atomic E-state index is 13.8. The van der Waals surface area contributed by atoms with Crippen LogP contribution in [0.25, 0.3) is 0 Å². The normalized spacial score (nSPS) is 11.9. The van der Waals surface area contributed by atoms with Crippen molar-refractivity contribution in [2.45, 2.75) is 13.0 Å². The highest BCUT2D eigenvalue weighted by atomic mass is 32.1. The van der Waals surface area contributed by atoms with Crippen LogP contribution in [0.5, 0.6) is 0 Å². The van der Waals surface area contributed by atoms with Gasteiger partial charge in [-0.2, -0.15) is 0 Å². The van der Waals surface area contributed by atoms with E-state index in [1.807, 2.05) is 0 Å². The van der Waals surface area contributed by atoms with Crippen LogP contribution in [0.4, 0.5) is 4.39 Å². The van der Waals surface area contributed by atoms with Crippen LogP contribution in [0.3, 0.4) is 0 Å². The Hall–Kier alpha value is -2.21. The molecule has 104 valence electrons. The summed E-state index contributed by atoms with van der Waals surface area (Å²) < 4.78 is 13.8. The molecule has 0 saturated heterocycles. The van der Waals surface area contributed by atoms with Crippen LogP contribution in [0, 0.1) is 12.7 Å². The lowest BCUT2D eigenvalue weighted by Crippen LogP contribution is -2.33. The molecule has 0 bridgehead atoms. The number of aryl methyl sites for hydroxylation is 1. The molecular formula is C14H12FNO3S. The number of hydrogen-bond acceptors (Lipinski definition) is 3. The molecule has 2 aromatic rings. The van der Waals surface area contributed by atoms with E-state index in [1.165, 1.54) is 17.4 Å². The first kappa shape index (κ1) is 14.2. The van der Waals surface area contributed by atoms with Crippen LogP contribution in [0.1, 0.15) is 26.8 Å². The van der Waals surface area contributed by atoms with Gasteiger partial charge in [-0.1, -0.05) is 18.2 Å². The Morgan fingerprint density at radius 2 is 2.05 bits per heavy atom. The van der Waals surface area contributed by atoms with Crippen molar-refractivity contribution in [2.75, 3.05) is 0 Å². The molecule has 0 aliphatic carbocycles. The molecule has 20 heavy (non-hydrogen) atoms. The summed E-state index contributed by atoms with van der Waals surface area (Å²) in [5, 5.41) is 13.2. The molecule has 0 saturated carbocycles. The summed E-state index contributed by atoms with van der Waals surface area (Å²) in [6.07, 6.45) is 0. The van der Waals surface area contributed by atoms with Crippen LogP contribution in [0.15, 0.2) is 35.7 Å². The number of aliphatic carboxylic acids is 1. The second-order valence-corrected chi connectivity index (χ2v) is 5.18. The van der Waals surface area contributed by atoms with Gasteiger partial charge in [0.25, 0.3) is 5.91 Å². The van der Waals surface area contributed by atoms with Crippen molar-refractivity contribution in [3.8, 4) is 0 Å². The maximum absolute atomic E-state index is 13.8. The minimum absolute atomic E-state index is 0.159. The molecule has 2 rings (SSSR count). The quantitative estimate of drug-likeness (QED) is 0.911. The second kappa shape index (κ2) is 5.83. The third-order valence-corrected chi connectivity index (χ3v) is 3.72. The molecule has 1 atom stereocenters. The van der Waals surface area contributed by atoms with Crippen molar-refractivity contribution in [3.05, 3.63) is 57.5 Å². The van der Waals surface area contributed by atoms with Gasteiger partial charge in [0.05, 0.1) is 5.56 Å². The fraction of sp³-hybridized carbons (Fsp3) is 0.143. The average Bonchev–Trinajstić information content (AvgIpc) is 2.92. The number of carboxylic acid groups (broad SMARTS) is 1. The molecule has 0 aliphatic heterocycles. The first-order valence-corrected chi connectivity index (χ1v) is 6.71. The van der Waals surface area contributed by atoms with Gasteiger partial charge in [0.15, 0.2) is 6.04 Å². The van der Waals surface area contributed by atoms with E-state index >= 15 is 0 Å². The summed E-state index contributed by atoms with van der Waals surface area (Å²) in [5.74, 6) is -2.57. The Balaban J connectivity index is 2.25. The predicted molar refractivity (Wildman–Crippen MR) is 73.3 cm³/mol. The molecule has 0 aliphatic rings. The fourth-order valence-corrected chi connectivity index (χ4v) is 2.51. The minimum Gasteiger partial charge on any atom is -0.479 e. The molecule has 1 unspecified atom stereocenters. The Morgan fingerprint density at radius 3 is 2.65 bits per heavy atom. The standard InChI is InChI=1S/C14H12FNO3S/c1-8-4-2-5-9(11(8)15)13(17)16-12(14(18)19)10-6-3-7-20-10/h2-7,12H,1H3,(H,16,17)(H,18,19). The Bertz CT molecular complexity index is 640. The summed E-state index contributed by atoms with van der Waals surface area (Å²) in [4.78, 5) is 23.7. The summed E-state index contributed by atoms with van der Waals surface area (Å²) in [7, 11) is 0. The third-order valence-electron chi connectivity index (χ3n) is 2.79. The second-order valence-electron chi connectivity index (χ2n) is 4.20. The highest BCUT2D eigenvalue weighted by molar-refractivity contribution is 7.10. The van der Waals surface area contributed by atoms with Gasteiger partial charge in [-0.3, -0.25) is 4.79 Å². The first-order valence-electron chi connectivity index (χ1n) is 5.83. The lowest BCUT2D eigenvalue weighted by molar-refractivity contribution is -0.139. The lowest BCUT2D eigenvalue weighted by Gasteiger charge is -2.13. The van der Waals surface area contributed by atoms with Crippen LogP contribution < -0.4 is 5.32 Å². The lowest BCUT2D eigenvalue weighted by atomic mass is 10.1. The molecule has 1 heterocycles. The predicted octanol–water partition coefficient (Wildman–Crippen LogP) is 2.75. The van der Waals surface area contributed by atoms with E-state index in [-0.39, 0.29) is 5.56 Å². The van der Waals surface area contributed by atoms with Crippen LogP contribution in [-0.2, 0) is 4.79 Å². The van der Waals surface area contributed by atoms with E-state index in [0.29, 0.717) is 10.4 Å². The third kappa shape index (κ3) is 2.85. The summed E-state index contributed by atoms with van der Waals surface area (Å²) >= 11 is 1.21. The zero-order valence-electron chi connectivity index (χ0n) is 10.6. The van der Waals surface area contributed by atoms with E-state index in [2.05, 4.69) is 5.32 Å². The van der Waals surface area contributed by atoms with Crippen molar-refractivity contribution in [2.24, 2.45) is 0 Å². The van der Waals surface area contributed by atoms with Gasteiger partial charge in [0.2, 0.25) is 0 Å². The number of carboxylic acids is 1. The van der Waals surface area contributed by atoms with Gasteiger partial charge < -0.3 is 10.4 Å². The SMILES string of the molecule is Cc1cccc(C(=O)NC(C(=O)O)c2cccs2)c1F. The van der Waals surface area contributed by atoms with E-state index < -0.39 is 23.7 Å². The van der Waals surface area contributed by atoms with Gasteiger partial charge in [-0.25, -0.2) is 9.18 Å². The summed E-state index contributed by atoms with van der Waals surface area (Å²) in [6.45, 7) is 1.54. The van der Waals surface area contributed by atoms with E-state index in [4.69, 9.17) is 5.11 Å². The number of halogens is 1. The minimum atomic E-state index is -1.19. The Morgan fingerprint density at radius 1 is 1.30 bits per heavy atom. The zero-order chi connectivity index (χ0) is 14.7. The Labute approximate surface area is 118 Å². The van der Waals surface area contributed by atoms with E-state index in [0.717, 1.165) is 0 Å². The van der Waals surface area contributed by atoms with Crippen molar-refractivity contribution in [3.63, 3.8) is 0 Å². The van der Waals surface area contributed by atoms with Crippen LogP contribution in [-0.4, -0.2) is 17.0 Å². The topological polar surface area (TPSA) is 66.4 Å². The van der Waals surface area contributed by atoms with E-state index in [1.54, 1.807) is 36.6 Å². The van der Waals surface area contributed by atoms with Gasteiger partial charge >= 0.3 is 5.97 Å². The molecular weight excluding hydrogens is 281 g/mol. The van der Waals surface area contributed by atoms with E-state index in [9.17, 15) is 14.0 Å². The number of rotatable bonds is 4. The highest BCUT2D eigenvalue weighted by Gasteiger charge is 2.25. The number of hydrogen-bond donors (Lipinski definition) is 2. The number of benzene rings is 1. The van der Waals surface area contributed by atoms with Crippen molar-refractivity contribution < 1.29 is 19.1 Å². The molecule has 0 spiro atoms. The molecule has 0 fully saturated rings. The zero-order valence-corrected chi connectivity index (χ0v) is 11.4. The number of amides is 1. The average molecular weight is 293 g/mol. The van der Waals surface area contributed by atoms with Crippen molar-refractivity contribution >= 4 is 23.2 Å². The molecule has 1 aromatic heterocycles. The highest BCUT2D eigenvalue weighted by Crippen LogP contribution is 2.20. The van der Waals surface area contributed by atoms with Crippen molar-refractivity contribution in [1.29, 1.82) is 0 Å². The number of carbonyl (C=O) groups is 2. The van der Waals surface area contributed by atoms with Crippen LogP contribution in [0.2, 0.25) is 0 Å². The monoisotopic (exact) mass is 293 g/mol. The maximum Gasteiger partial charge on any atom is 0.331 e. The molecule has 2 N–H and O–H groups in total. The largest absolute Gasteiger partial charge is 0.479 e. The number of thiophene rings is 1. The van der Waals surface area contributed by atoms with Gasteiger partial charge in [0, 0.05) is 4.88 Å². The fourth-order valence-electron chi connectivity index (χ4n) is 1.74. The van der Waals surface area contributed by atoms with Gasteiger partial charge in [0.1, 0.15) is 5.82 Å². The first-order chi connectivity index (χ1) is 9.50. The van der Waals surface area contributed by atoms with Crippen molar-refractivity contribution in [1.82, 2.24) is 5.32 Å². The summed E-state index contributed by atoms with van der Waals surface area (Å²) in [5.41, 5.74) is 0.174. The number of nitrogens with one attached hydrogen (secondary N) is 1. The van der Waals surface area contributed by atoms with Gasteiger partial charge in [-0.15, -0.1) is 11.3 Å². The molecule has 4 nitrogen and oxygen atoms in total. The Kier molecular flexibility index (Phi) is 4.14. The number of carbonyl (C=O) groups excluding carboxylic acids is 1. The molecule has 6 heteroatoms.